The molecular formula is C11H19N3O. The van der Waals surface area contributed by atoms with Gasteiger partial charge in [0.05, 0.1) is 6.10 Å². The molecule has 0 unspecified atom stereocenters. The Morgan fingerprint density at radius 1 is 1.27 bits per heavy atom. The van der Waals surface area contributed by atoms with Crippen LogP contribution in [0.15, 0.2) is 9.98 Å². The van der Waals surface area contributed by atoms with Crippen LogP contribution in [0.1, 0.15) is 26.2 Å². The van der Waals surface area contributed by atoms with E-state index in [1.165, 1.54) is 0 Å². The minimum atomic E-state index is -0.124. The lowest BCUT2D eigenvalue weighted by molar-refractivity contribution is 0.0644. The van der Waals surface area contributed by atoms with Gasteiger partial charge in [-0.15, -0.1) is 0 Å². The highest BCUT2D eigenvalue weighted by atomic mass is 16.3. The number of hydrogen-bond acceptors (Lipinski definition) is 4. The molecule has 1 fully saturated rings. The minimum Gasteiger partial charge on any atom is -0.393 e. The number of aliphatic hydroxyl groups is 1. The molecule has 2 aliphatic rings. The highest BCUT2D eigenvalue weighted by Gasteiger charge is 2.23. The summed E-state index contributed by atoms with van der Waals surface area (Å²) in [6, 6.07) is 0. The molecule has 2 heterocycles. The van der Waals surface area contributed by atoms with Crippen molar-refractivity contribution in [1.82, 2.24) is 4.90 Å². The van der Waals surface area contributed by atoms with Gasteiger partial charge < -0.3 is 5.11 Å². The van der Waals surface area contributed by atoms with Gasteiger partial charge in [0.15, 0.2) is 6.29 Å². The fourth-order valence-corrected chi connectivity index (χ4v) is 1.97. The van der Waals surface area contributed by atoms with E-state index in [1.54, 1.807) is 0 Å². The molecule has 0 aromatic heterocycles. The molecule has 1 N–H and O–H groups in total. The Morgan fingerprint density at radius 2 is 1.87 bits per heavy atom. The van der Waals surface area contributed by atoms with Crippen LogP contribution in [0.4, 0.5) is 0 Å². The highest BCUT2D eigenvalue weighted by molar-refractivity contribution is 5.84. The molecular weight excluding hydrogens is 190 g/mol. The first-order valence-corrected chi connectivity index (χ1v) is 5.78. The van der Waals surface area contributed by atoms with Crippen LogP contribution in [0.3, 0.4) is 0 Å². The summed E-state index contributed by atoms with van der Waals surface area (Å²) >= 11 is 0. The molecule has 0 aromatic carbocycles. The van der Waals surface area contributed by atoms with Crippen LogP contribution in [0.25, 0.3) is 0 Å². The first kappa shape index (κ1) is 10.8. The number of aliphatic hydroxyl groups excluding tert-OH is 1. The number of rotatable bonds is 2. The van der Waals surface area contributed by atoms with E-state index in [-0.39, 0.29) is 12.4 Å². The second kappa shape index (κ2) is 4.86. The van der Waals surface area contributed by atoms with Gasteiger partial charge in [0, 0.05) is 31.4 Å². The molecule has 0 bridgehead atoms. The number of aliphatic imine (C=N–C) groups is 2. The highest BCUT2D eigenvalue weighted by Crippen LogP contribution is 2.16. The van der Waals surface area contributed by atoms with E-state index in [0.29, 0.717) is 5.92 Å². The molecule has 2 aliphatic heterocycles. The third-order valence-electron chi connectivity index (χ3n) is 3.12. The van der Waals surface area contributed by atoms with E-state index < -0.39 is 0 Å². The number of nitrogens with zero attached hydrogens (tertiary/aromatic N) is 3. The molecule has 0 radical (unpaired) electrons. The van der Waals surface area contributed by atoms with Gasteiger partial charge in [-0.25, -0.2) is 0 Å². The summed E-state index contributed by atoms with van der Waals surface area (Å²) in [4.78, 5) is 11.1. The standard InChI is InChI=1S/C11H19N3O/c1-2-9-7-12-11(13-8-9)14-5-3-10(15)4-6-14/h7-11,15H,2-6H2,1H3. The molecule has 84 valence electrons. The maximum Gasteiger partial charge on any atom is 0.195 e. The zero-order valence-corrected chi connectivity index (χ0v) is 9.21. The molecule has 0 amide bonds. The van der Waals surface area contributed by atoms with Crippen LogP contribution in [-0.2, 0) is 0 Å². The topological polar surface area (TPSA) is 48.2 Å². The van der Waals surface area contributed by atoms with Crippen LogP contribution < -0.4 is 0 Å². The lowest BCUT2D eigenvalue weighted by Gasteiger charge is -2.33. The Balaban J connectivity index is 1.88. The maximum absolute atomic E-state index is 9.40. The lowest BCUT2D eigenvalue weighted by Crippen LogP contribution is -2.42. The average molecular weight is 209 g/mol. The van der Waals surface area contributed by atoms with E-state index in [9.17, 15) is 5.11 Å². The Bertz CT molecular complexity index is 243. The Kier molecular flexibility index (Phi) is 3.49. The second-order valence-electron chi connectivity index (χ2n) is 4.28. The van der Waals surface area contributed by atoms with Crippen LogP contribution in [0.2, 0.25) is 0 Å². The molecule has 0 saturated carbocycles. The molecule has 4 heteroatoms. The Morgan fingerprint density at radius 3 is 2.40 bits per heavy atom. The normalized spacial score (nSPS) is 33.5. The summed E-state index contributed by atoms with van der Waals surface area (Å²) in [5.41, 5.74) is 0. The number of hydrogen-bond donors (Lipinski definition) is 1. The fraction of sp³-hybridized carbons (Fsp3) is 0.818. The van der Waals surface area contributed by atoms with E-state index in [1.807, 2.05) is 12.4 Å². The summed E-state index contributed by atoms with van der Waals surface area (Å²) in [6.07, 6.45) is 6.61. The first-order chi connectivity index (χ1) is 7.29. The van der Waals surface area contributed by atoms with Gasteiger partial charge in [0.1, 0.15) is 0 Å². The van der Waals surface area contributed by atoms with Crippen molar-refractivity contribution in [3.8, 4) is 0 Å². The third-order valence-corrected chi connectivity index (χ3v) is 3.12. The van der Waals surface area contributed by atoms with Crippen molar-refractivity contribution in [2.45, 2.75) is 38.6 Å². The average Bonchev–Trinajstić information content (AvgIpc) is 2.30. The van der Waals surface area contributed by atoms with E-state index in [4.69, 9.17) is 0 Å². The monoisotopic (exact) mass is 209 g/mol. The zero-order valence-electron chi connectivity index (χ0n) is 9.21. The predicted octanol–water partition coefficient (Wildman–Crippen LogP) is 0.908. The molecule has 0 atom stereocenters. The first-order valence-electron chi connectivity index (χ1n) is 5.78. The summed E-state index contributed by atoms with van der Waals surface area (Å²) in [5, 5.41) is 9.40. The zero-order chi connectivity index (χ0) is 10.7. The quantitative estimate of drug-likeness (QED) is 0.735. The van der Waals surface area contributed by atoms with Crippen molar-refractivity contribution >= 4 is 12.4 Å². The van der Waals surface area contributed by atoms with Gasteiger partial charge in [0.2, 0.25) is 0 Å². The Hall–Kier alpha value is -0.740. The lowest BCUT2D eigenvalue weighted by atomic mass is 10.1. The second-order valence-corrected chi connectivity index (χ2v) is 4.28. The van der Waals surface area contributed by atoms with Gasteiger partial charge in [-0.3, -0.25) is 14.9 Å². The van der Waals surface area contributed by atoms with E-state index >= 15 is 0 Å². The van der Waals surface area contributed by atoms with Crippen molar-refractivity contribution in [2.75, 3.05) is 13.1 Å². The van der Waals surface area contributed by atoms with Crippen LogP contribution in [0.5, 0.6) is 0 Å². The summed E-state index contributed by atoms with van der Waals surface area (Å²) in [7, 11) is 0. The molecule has 0 aromatic rings. The molecule has 1 saturated heterocycles. The van der Waals surface area contributed by atoms with Gasteiger partial charge in [-0.1, -0.05) is 6.92 Å². The smallest absolute Gasteiger partial charge is 0.195 e. The van der Waals surface area contributed by atoms with Crippen LogP contribution in [-0.4, -0.2) is 47.9 Å². The molecule has 15 heavy (non-hydrogen) atoms. The van der Waals surface area contributed by atoms with Crippen molar-refractivity contribution in [1.29, 1.82) is 0 Å². The molecule has 0 aliphatic carbocycles. The van der Waals surface area contributed by atoms with Crippen LogP contribution >= 0.6 is 0 Å². The van der Waals surface area contributed by atoms with Crippen molar-refractivity contribution < 1.29 is 5.11 Å². The molecule has 4 nitrogen and oxygen atoms in total. The van der Waals surface area contributed by atoms with E-state index in [2.05, 4.69) is 21.8 Å². The molecule has 0 spiro atoms. The van der Waals surface area contributed by atoms with Gasteiger partial charge in [-0.05, 0) is 19.3 Å². The van der Waals surface area contributed by atoms with Crippen LogP contribution in [0, 0.1) is 5.92 Å². The van der Waals surface area contributed by atoms with Gasteiger partial charge in [0.25, 0.3) is 0 Å². The molecule has 2 rings (SSSR count). The van der Waals surface area contributed by atoms with Gasteiger partial charge >= 0.3 is 0 Å². The number of piperidine rings is 1. The van der Waals surface area contributed by atoms with Gasteiger partial charge in [-0.2, -0.15) is 0 Å². The minimum absolute atomic E-state index is 0.0275. The summed E-state index contributed by atoms with van der Waals surface area (Å²) < 4.78 is 0. The van der Waals surface area contributed by atoms with Crippen molar-refractivity contribution in [3.63, 3.8) is 0 Å². The Labute approximate surface area is 90.7 Å². The predicted molar refractivity (Wildman–Crippen MR) is 61.4 cm³/mol. The summed E-state index contributed by atoms with van der Waals surface area (Å²) in [6.45, 7) is 3.94. The third kappa shape index (κ3) is 2.63. The summed E-state index contributed by atoms with van der Waals surface area (Å²) in [5.74, 6) is 0.414. The van der Waals surface area contributed by atoms with Crippen molar-refractivity contribution in [2.24, 2.45) is 15.9 Å². The number of likely N-dealkylation sites (tertiary alicyclic amines) is 1. The largest absolute Gasteiger partial charge is 0.393 e. The SMILES string of the molecule is CCC1C=NC(N2CCC(O)CC2)N=C1. The maximum atomic E-state index is 9.40. The fourth-order valence-electron chi connectivity index (χ4n) is 1.97. The van der Waals surface area contributed by atoms with E-state index in [0.717, 1.165) is 32.4 Å². The van der Waals surface area contributed by atoms with Crippen molar-refractivity contribution in [3.05, 3.63) is 0 Å².